The summed E-state index contributed by atoms with van der Waals surface area (Å²) in [5.41, 5.74) is 18.4. The lowest BCUT2D eigenvalue weighted by Crippen LogP contribution is -2.25. The Morgan fingerprint density at radius 1 is 0.970 bits per heavy atom. The van der Waals surface area contributed by atoms with E-state index in [0.29, 0.717) is 36.0 Å². The van der Waals surface area contributed by atoms with E-state index in [1.165, 1.54) is 0 Å². The molecule has 5 rings (SSSR count). The molecule has 4 N–H and O–H groups in total. The number of nitrogens with zero attached hydrogens (tertiary/aromatic N) is 2. The molecule has 7 heteroatoms. The summed E-state index contributed by atoms with van der Waals surface area (Å²) in [6.07, 6.45) is 1.82. The minimum absolute atomic E-state index is 0.573. The third-order valence-corrected chi connectivity index (χ3v) is 6.06. The Bertz CT molecular complexity index is 1340. The van der Waals surface area contributed by atoms with Gasteiger partial charge in [-0.05, 0) is 35.9 Å². The number of methoxy groups -OCH3 is 2. The summed E-state index contributed by atoms with van der Waals surface area (Å²) in [5, 5.41) is 0.995. The van der Waals surface area contributed by atoms with E-state index >= 15 is 0 Å². The zero-order chi connectivity index (χ0) is 22.9. The standard InChI is InChI=1S/C26H26N4O3/c1-31-24-13-19-21(14-25(24)32-2)29-9-8-22(19)30-10-11-33-23-7-6-16(12-17(23)15-30)18-4-3-5-20(27)26(18)28/h3-9,12-14H,10-11,15,27-28H2,1-2H3. The van der Waals surface area contributed by atoms with Gasteiger partial charge in [-0.2, -0.15) is 0 Å². The van der Waals surface area contributed by atoms with Gasteiger partial charge in [-0.25, -0.2) is 0 Å². The highest BCUT2D eigenvalue weighted by Crippen LogP contribution is 2.38. The molecule has 168 valence electrons. The van der Waals surface area contributed by atoms with E-state index in [-0.39, 0.29) is 0 Å². The van der Waals surface area contributed by atoms with E-state index in [2.05, 4.69) is 16.0 Å². The number of rotatable bonds is 4. The van der Waals surface area contributed by atoms with Crippen molar-refractivity contribution in [3.63, 3.8) is 0 Å². The molecule has 0 atom stereocenters. The molecule has 4 aromatic rings. The smallest absolute Gasteiger partial charge is 0.162 e. The fourth-order valence-corrected chi connectivity index (χ4v) is 4.34. The number of nitrogens with two attached hydrogens (primary N) is 2. The van der Waals surface area contributed by atoms with Crippen molar-refractivity contribution in [2.24, 2.45) is 0 Å². The van der Waals surface area contributed by atoms with Gasteiger partial charge < -0.3 is 30.6 Å². The van der Waals surface area contributed by atoms with E-state index in [0.717, 1.165) is 45.6 Å². The van der Waals surface area contributed by atoms with Crippen molar-refractivity contribution in [1.29, 1.82) is 0 Å². The molecule has 3 aromatic carbocycles. The van der Waals surface area contributed by atoms with Crippen LogP contribution in [0.1, 0.15) is 5.56 Å². The van der Waals surface area contributed by atoms with Crippen molar-refractivity contribution in [3.8, 4) is 28.4 Å². The van der Waals surface area contributed by atoms with Crippen LogP contribution in [0.3, 0.4) is 0 Å². The fourth-order valence-electron chi connectivity index (χ4n) is 4.34. The van der Waals surface area contributed by atoms with Crippen LogP contribution in [0.25, 0.3) is 22.0 Å². The normalized spacial score (nSPS) is 13.2. The third kappa shape index (κ3) is 3.71. The molecule has 1 aliphatic rings. The zero-order valence-electron chi connectivity index (χ0n) is 18.7. The van der Waals surface area contributed by atoms with Crippen LogP contribution in [0, 0.1) is 0 Å². The van der Waals surface area contributed by atoms with E-state index in [1.54, 1.807) is 14.2 Å². The van der Waals surface area contributed by atoms with Gasteiger partial charge in [0.05, 0.1) is 37.7 Å². The quantitative estimate of drug-likeness (QED) is 0.450. The number of pyridine rings is 1. The van der Waals surface area contributed by atoms with Crippen LogP contribution in [0.15, 0.2) is 60.8 Å². The van der Waals surface area contributed by atoms with Crippen LogP contribution >= 0.6 is 0 Å². The third-order valence-electron chi connectivity index (χ3n) is 6.06. The summed E-state index contributed by atoms with van der Waals surface area (Å²) >= 11 is 0. The van der Waals surface area contributed by atoms with Crippen LogP contribution in [-0.4, -0.2) is 32.4 Å². The first-order chi connectivity index (χ1) is 16.1. The highest BCUT2D eigenvalue weighted by Gasteiger charge is 2.20. The van der Waals surface area contributed by atoms with Crippen molar-refractivity contribution in [2.45, 2.75) is 6.54 Å². The lowest BCUT2D eigenvalue weighted by Gasteiger charge is -2.24. The number of fused-ring (bicyclic) bond motifs is 2. The maximum atomic E-state index is 6.26. The zero-order valence-corrected chi connectivity index (χ0v) is 18.7. The lowest BCUT2D eigenvalue weighted by atomic mass is 9.99. The van der Waals surface area contributed by atoms with Gasteiger partial charge in [0.2, 0.25) is 0 Å². The molecule has 0 radical (unpaired) electrons. The molecule has 0 amide bonds. The molecule has 0 saturated carbocycles. The molecule has 7 nitrogen and oxygen atoms in total. The number of aromatic nitrogens is 1. The van der Waals surface area contributed by atoms with E-state index < -0.39 is 0 Å². The van der Waals surface area contributed by atoms with Gasteiger partial charge >= 0.3 is 0 Å². The Balaban J connectivity index is 1.57. The largest absolute Gasteiger partial charge is 0.493 e. The highest BCUT2D eigenvalue weighted by molar-refractivity contribution is 5.94. The van der Waals surface area contributed by atoms with Crippen LogP contribution < -0.4 is 30.6 Å². The number of nitrogen functional groups attached to an aromatic ring is 2. The van der Waals surface area contributed by atoms with E-state index in [9.17, 15) is 0 Å². The molecule has 1 aliphatic heterocycles. The first kappa shape index (κ1) is 20.8. The molecular formula is C26H26N4O3. The highest BCUT2D eigenvalue weighted by atomic mass is 16.5. The monoisotopic (exact) mass is 442 g/mol. The summed E-state index contributed by atoms with van der Waals surface area (Å²) < 4.78 is 17.1. The molecule has 0 fully saturated rings. The summed E-state index contributed by atoms with van der Waals surface area (Å²) in [5.74, 6) is 2.20. The Morgan fingerprint density at radius 3 is 2.61 bits per heavy atom. The number of anilines is 3. The van der Waals surface area contributed by atoms with Gasteiger partial charge in [0, 0.05) is 41.0 Å². The van der Waals surface area contributed by atoms with Crippen LogP contribution in [-0.2, 0) is 6.54 Å². The SMILES string of the molecule is COc1cc2nccc(N3CCOc4ccc(-c5cccc(N)c5N)cc4C3)c2cc1OC. The summed E-state index contributed by atoms with van der Waals surface area (Å²) in [4.78, 5) is 6.84. The Kier molecular flexibility index (Phi) is 5.30. The maximum Gasteiger partial charge on any atom is 0.162 e. The molecule has 0 saturated heterocycles. The molecule has 33 heavy (non-hydrogen) atoms. The van der Waals surface area contributed by atoms with Gasteiger partial charge in [0.25, 0.3) is 0 Å². The Hall–Kier alpha value is -4.13. The average molecular weight is 443 g/mol. The maximum absolute atomic E-state index is 6.26. The van der Waals surface area contributed by atoms with Gasteiger partial charge in [0.15, 0.2) is 11.5 Å². The van der Waals surface area contributed by atoms with Crippen LogP contribution in [0.4, 0.5) is 17.1 Å². The Morgan fingerprint density at radius 2 is 1.79 bits per heavy atom. The van der Waals surface area contributed by atoms with E-state index in [4.69, 9.17) is 25.7 Å². The predicted octanol–water partition coefficient (Wildman–Crippen LogP) is 4.48. The van der Waals surface area contributed by atoms with Crippen molar-refractivity contribution in [2.75, 3.05) is 43.7 Å². The van der Waals surface area contributed by atoms with Gasteiger partial charge in [-0.1, -0.05) is 18.2 Å². The molecule has 0 spiro atoms. The van der Waals surface area contributed by atoms with Crippen molar-refractivity contribution < 1.29 is 14.2 Å². The summed E-state index contributed by atoms with van der Waals surface area (Å²) in [6, 6.07) is 17.8. The number of hydrogen-bond acceptors (Lipinski definition) is 7. The topological polar surface area (TPSA) is 95.9 Å². The van der Waals surface area contributed by atoms with Crippen molar-refractivity contribution in [1.82, 2.24) is 4.98 Å². The van der Waals surface area contributed by atoms with Crippen molar-refractivity contribution >= 4 is 28.0 Å². The fraction of sp³-hybridized carbons (Fsp3) is 0.192. The number of para-hydroxylation sites is 1. The number of hydrogen-bond donors (Lipinski definition) is 2. The minimum Gasteiger partial charge on any atom is -0.493 e. The van der Waals surface area contributed by atoms with Gasteiger partial charge in [0.1, 0.15) is 12.4 Å². The first-order valence-corrected chi connectivity index (χ1v) is 10.7. The van der Waals surface area contributed by atoms with Crippen LogP contribution in [0.2, 0.25) is 0 Å². The molecule has 2 heterocycles. The lowest BCUT2D eigenvalue weighted by molar-refractivity contribution is 0.332. The number of benzene rings is 3. The predicted molar refractivity (Wildman–Crippen MR) is 132 cm³/mol. The average Bonchev–Trinajstić information content (AvgIpc) is 3.06. The summed E-state index contributed by atoms with van der Waals surface area (Å²) in [7, 11) is 3.26. The number of ether oxygens (including phenoxy) is 3. The second-order valence-electron chi connectivity index (χ2n) is 7.96. The molecule has 0 aliphatic carbocycles. The molecule has 1 aromatic heterocycles. The van der Waals surface area contributed by atoms with Crippen LogP contribution in [0.5, 0.6) is 17.2 Å². The first-order valence-electron chi connectivity index (χ1n) is 10.7. The minimum atomic E-state index is 0.573. The van der Waals surface area contributed by atoms with E-state index in [1.807, 2.05) is 54.7 Å². The molecular weight excluding hydrogens is 416 g/mol. The second kappa shape index (κ2) is 8.43. The van der Waals surface area contributed by atoms with Crippen molar-refractivity contribution in [3.05, 3.63) is 66.4 Å². The van der Waals surface area contributed by atoms with Gasteiger partial charge in [-0.3, -0.25) is 4.98 Å². The van der Waals surface area contributed by atoms with Gasteiger partial charge in [-0.15, -0.1) is 0 Å². The molecule has 0 unspecified atom stereocenters. The summed E-state index contributed by atoms with van der Waals surface area (Å²) in [6.45, 7) is 1.99. The molecule has 0 bridgehead atoms. The second-order valence-corrected chi connectivity index (χ2v) is 7.96. The Labute approximate surface area is 192 Å².